The maximum atomic E-state index is 13.7. The predicted octanol–water partition coefficient (Wildman–Crippen LogP) is 9.65. The van der Waals surface area contributed by atoms with E-state index in [9.17, 15) is 49.1 Å². The van der Waals surface area contributed by atoms with Crippen molar-refractivity contribution >= 4 is 46.0 Å². The number of rotatable bonds is 11. The van der Waals surface area contributed by atoms with Crippen molar-refractivity contribution in [3.05, 3.63) is 113 Å². The van der Waals surface area contributed by atoms with Gasteiger partial charge in [-0.1, -0.05) is 35.9 Å². The lowest BCUT2D eigenvalue weighted by Gasteiger charge is -2.21. The van der Waals surface area contributed by atoms with E-state index in [0.29, 0.717) is 68.7 Å². The van der Waals surface area contributed by atoms with Gasteiger partial charge in [0.05, 0.1) is 16.7 Å². The topological polar surface area (TPSA) is 126 Å². The number of para-hydroxylation sites is 3. The average molecular weight is 877 g/mol. The van der Waals surface area contributed by atoms with Gasteiger partial charge in [-0.15, -0.1) is 0 Å². The summed E-state index contributed by atoms with van der Waals surface area (Å²) in [7, 11) is 0. The van der Waals surface area contributed by atoms with Crippen LogP contribution in [0.1, 0.15) is 44.7 Å². The van der Waals surface area contributed by atoms with E-state index in [1.54, 1.807) is 19.1 Å². The molecule has 0 unspecified atom stereocenters. The van der Waals surface area contributed by atoms with E-state index >= 15 is 0 Å². The molecule has 2 aliphatic heterocycles. The number of aryl methyl sites for hydroxylation is 1. The summed E-state index contributed by atoms with van der Waals surface area (Å²) in [6.45, 7) is 3.73. The Morgan fingerprint density at radius 1 is 0.742 bits per heavy atom. The van der Waals surface area contributed by atoms with Crippen LogP contribution < -0.4 is 15.4 Å². The van der Waals surface area contributed by atoms with Crippen molar-refractivity contribution in [2.45, 2.75) is 38.5 Å². The Balaban J connectivity index is 0.000000187. The zero-order valence-electron chi connectivity index (χ0n) is 32.6. The molecule has 2 atom stereocenters. The van der Waals surface area contributed by atoms with Crippen LogP contribution in [-0.4, -0.2) is 83.4 Å². The van der Waals surface area contributed by atoms with Crippen LogP contribution in [0, 0.1) is 30.4 Å². The number of halogens is 9. The number of benzene rings is 4. The minimum absolute atomic E-state index is 0.00737. The Morgan fingerprint density at radius 2 is 1.26 bits per heavy atom. The highest BCUT2D eigenvalue weighted by atomic mass is 19.4. The first kappa shape index (κ1) is 43.6. The number of fused-ring (bicyclic) bond motifs is 2. The lowest BCUT2D eigenvalue weighted by molar-refractivity contribution is -0.253. The first-order valence-corrected chi connectivity index (χ1v) is 19.2. The molecule has 2 aromatic heterocycles. The average Bonchev–Trinajstić information content (AvgIpc) is 4.06. The number of nitrogens with zero attached hydrogens (tertiary/aromatic N) is 4. The van der Waals surface area contributed by atoms with Crippen molar-refractivity contribution in [1.82, 2.24) is 19.8 Å². The summed E-state index contributed by atoms with van der Waals surface area (Å²) >= 11 is 0. The number of anilines is 2. The highest BCUT2D eigenvalue weighted by Crippen LogP contribution is 2.35. The molecule has 2 N–H and O–H groups in total. The third-order valence-corrected chi connectivity index (χ3v) is 10.3. The van der Waals surface area contributed by atoms with Crippen molar-refractivity contribution in [2.75, 3.05) is 49.9 Å². The predicted molar refractivity (Wildman–Crippen MR) is 207 cm³/mol. The number of oxazole rings is 2. The fraction of sp³-hybridized carbons (Fsp3) is 0.333. The van der Waals surface area contributed by atoms with Gasteiger partial charge in [0, 0.05) is 39.3 Å². The molecule has 62 heavy (non-hydrogen) atoms. The number of hydrogen-bond donors (Lipinski definition) is 2. The fourth-order valence-corrected chi connectivity index (χ4v) is 7.16. The van der Waals surface area contributed by atoms with Crippen LogP contribution in [0.25, 0.3) is 22.2 Å². The summed E-state index contributed by atoms with van der Waals surface area (Å²) in [6, 6.07) is 17.7. The number of ether oxygens (including phenoxy) is 1. The molecule has 0 bridgehead atoms. The van der Waals surface area contributed by atoms with E-state index < -0.39 is 53.5 Å². The lowest BCUT2D eigenvalue weighted by atomic mass is 10.0. The Kier molecular flexibility index (Phi) is 12.6. The zero-order valence-corrected chi connectivity index (χ0v) is 32.6. The van der Waals surface area contributed by atoms with E-state index in [1.165, 1.54) is 64.4 Å². The number of carbonyl (C=O) groups is 2. The maximum Gasteiger partial charge on any atom is 0.461 e. The molecule has 0 spiro atoms. The Bertz CT molecular complexity index is 2560. The number of hydrogen-bond acceptors (Lipinski definition) is 9. The van der Waals surface area contributed by atoms with E-state index in [2.05, 4.69) is 25.3 Å². The quantitative estimate of drug-likeness (QED) is 0.122. The zero-order chi connectivity index (χ0) is 44.3. The largest absolute Gasteiger partial charge is 0.461 e. The highest BCUT2D eigenvalue weighted by molar-refractivity contribution is 5.97. The maximum absolute atomic E-state index is 13.7. The summed E-state index contributed by atoms with van der Waals surface area (Å²) in [5.74, 6) is -2.89. The molecule has 2 fully saturated rings. The second-order valence-electron chi connectivity index (χ2n) is 14.8. The van der Waals surface area contributed by atoms with E-state index in [4.69, 9.17) is 8.83 Å². The highest BCUT2D eigenvalue weighted by Gasteiger charge is 2.45. The van der Waals surface area contributed by atoms with Gasteiger partial charge in [0.15, 0.2) is 22.8 Å². The van der Waals surface area contributed by atoms with Crippen LogP contribution in [-0.2, 0) is 6.18 Å². The van der Waals surface area contributed by atoms with Crippen molar-refractivity contribution in [2.24, 2.45) is 11.8 Å². The molecule has 328 valence electrons. The summed E-state index contributed by atoms with van der Waals surface area (Å²) < 4.78 is 134. The number of likely N-dealkylation sites (tertiary alicyclic amines) is 2. The molecule has 2 saturated heterocycles. The Hall–Kier alpha value is -6.47. The van der Waals surface area contributed by atoms with Gasteiger partial charge in [-0.25, -0.2) is 8.78 Å². The summed E-state index contributed by atoms with van der Waals surface area (Å²) in [4.78, 5) is 36.8. The number of nitrogens with one attached hydrogen (secondary N) is 2. The summed E-state index contributed by atoms with van der Waals surface area (Å²) in [6.07, 6.45) is -12.1. The molecule has 2 amide bonds. The minimum atomic E-state index is -4.72. The molecular formula is C42H37F9N6O5. The van der Waals surface area contributed by atoms with E-state index in [0.717, 1.165) is 12.1 Å². The normalized spacial score (nSPS) is 16.8. The SMILES string of the molecule is Cc1ccc(C(F)(F)F)c(C(=O)N2CC[C@@H](CNc3nc4cccc(F)c4o3)C2)c1.O=C(c1ccccc1OC(F)(F)C(F)F)N1CC[C@@H](CNc2nc3cccc(F)c3o2)C1. The van der Waals surface area contributed by atoms with Gasteiger partial charge in [0.2, 0.25) is 0 Å². The molecule has 4 aromatic carbocycles. The monoisotopic (exact) mass is 876 g/mol. The molecule has 2 aliphatic rings. The second kappa shape index (κ2) is 17.9. The standard InChI is InChI=1S/C21H18F5N3O3.C21H19F4N3O2/c22-14-5-3-6-15-17(14)31-20(28-15)27-10-12-8-9-29(11-12)18(30)13-4-1-2-7-16(13)32-21(25,26)19(23)24;1-12-5-6-15(21(23,24)25)14(9-12)19(29)28-8-7-13(11-28)10-26-20-27-17-4-2-3-16(22)18(17)30-20/h1-7,12,19H,8-11H2,(H,27,28);2-6,9,13H,7-8,10-11H2,1H3,(H,26,27)/t12-;13-/m00/s1. The van der Waals surface area contributed by atoms with Crippen molar-refractivity contribution in [3.8, 4) is 5.75 Å². The van der Waals surface area contributed by atoms with Crippen molar-refractivity contribution in [1.29, 1.82) is 0 Å². The van der Waals surface area contributed by atoms with Crippen LogP contribution in [0.15, 0.2) is 87.7 Å². The minimum Gasteiger partial charge on any atom is -0.427 e. The van der Waals surface area contributed by atoms with E-state index in [-0.39, 0.29) is 46.2 Å². The molecule has 6 aromatic rings. The third-order valence-electron chi connectivity index (χ3n) is 10.3. The fourth-order valence-electron chi connectivity index (χ4n) is 7.16. The van der Waals surface area contributed by atoms with Gasteiger partial charge in [0.25, 0.3) is 23.8 Å². The molecule has 11 nitrogen and oxygen atoms in total. The molecule has 4 heterocycles. The number of amides is 2. The molecule has 20 heteroatoms. The molecule has 8 rings (SSSR count). The number of alkyl halides is 7. The molecule has 0 radical (unpaired) electrons. The van der Waals surface area contributed by atoms with Gasteiger partial charge in [0.1, 0.15) is 16.8 Å². The third kappa shape index (κ3) is 9.84. The van der Waals surface area contributed by atoms with Crippen LogP contribution >= 0.6 is 0 Å². The number of aromatic nitrogens is 2. The Labute approximate surface area is 346 Å². The first-order valence-electron chi connectivity index (χ1n) is 19.2. The first-order chi connectivity index (χ1) is 29.5. The molecular weight excluding hydrogens is 839 g/mol. The van der Waals surface area contributed by atoms with Gasteiger partial charge >= 0.3 is 18.7 Å². The Morgan fingerprint density at radius 3 is 1.76 bits per heavy atom. The van der Waals surface area contributed by atoms with Crippen LogP contribution in [0.3, 0.4) is 0 Å². The van der Waals surface area contributed by atoms with Gasteiger partial charge in [-0.3, -0.25) is 9.59 Å². The molecule has 0 saturated carbocycles. The number of carbonyl (C=O) groups excluding carboxylic acids is 2. The van der Waals surface area contributed by atoms with Crippen LogP contribution in [0.4, 0.5) is 51.5 Å². The van der Waals surface area contributed by atoms with Crippen molar-refractivity contribution < 1.29 is 62.7 Å². The van der Waals surface area contributed by atoms with Crippen LogP contribution in [0.5, 0.6) is 5.75 Å². The van der Waals surface area contributed by atoms with Gasteiger partial charge in [-0.2, -0.15) is 40.7 Å². The summed E-state index contributed by atoms with van der Waals surface area (Å²) in [5.41, 5.74) is -0.0351. The van der Waals surface area contributed by atoms with Crippen LogP contribution in [0.2, 0.25) is 0 Å². The molecule has 0 aliphatic carbocycles. The second-order valence-corrected chi connectivity index (χ2v) is 14.8. The lowest BCUT2D eigenvalue weighted by Crippen LogP contribution is -2.35. The van der Waals surface area contributed by atoms with Crippen molar-refractivity contribution in [3.63, 3.8) is 0 Å². The summed E-state index contributed by atoms with van der Waals surface area (Å²) in [5, 5.41) is 5.95. The van der Waals surface area contributed by atoms with Gasteiger partial charge < -0.3 is 34.0 Å². The smallest absolute Gasteiger partial charge is 0.427 e. The van der Waals surface area contributed by atoms with E-state index in [1.807, 2.05) is 0 Å². The van der Waals surface area contributed by atoms with Gasteiger partial charge in [-0.05, 0) is 80.1 Å².